The van der Waals surface area contributed by atoms with Gasteiger partial charge in [-0.1, -0.05) is 17.7 Å². The van der Waals surface area contributed by atoms with Crippen molar-refractivity contribution < 1.29 is 13.2 Å². The van der Waals surface area contributed by atoms with Crippen LogP contribution in [-0.2, 0) is 10.0 Å². The number of anilines is 1. The Hall–Kier alpha value is -3.72. The summed E-state index contributed by atoms with van der Waals surface area (Å²) in [4.78, 5) is 8.72. The second kappa shape index (κ2) is 8.67. The Balaban J connectivity index is 1.51. The molecule has 2 aromatic carbocycles. The van der Waals surface area contributed by atoms with Gasteiger partial charge in [0, 0.05) is 17.4 Å². The number of aromatic nitrogens is 4. The molecule has 2 aromatic heterocycles. The van der Waals surface area contributed by atoms with Gasteiger partial charge in [0.25, 0.3) is 10.0 Å². The number of hydrogen-bond acceptors (Lipinski definition) is 6. The molecule has 0 spiro atoms. The van der Waals surface area contributed by atoms with Crippen molar-refractivity contribution in [3.05, 3.63) is 82.9 Å². The van der Waals surface area contributed by atoms with E-state index in [2.05, 4.69) is 19.8 Å². The monoisotopic (exact) mass is 463 g/mol. The number of hydrogen-bond donors (Lipinski definition) is 1. The maximum atomic E-state index is 12.8. The van der Waals surface area contributed by atoms with E-state index >= 15 is 0 Å². The van der Waals surface area contributed by atoms with E-state index in [-0.39, 0.29) is 4.90 Å². The van der Waals surface area contributed by atoms with Gasteiger partial charge in [-0.3, -0.25) is 4.72 Å². The largest absolute Gasteiger partial charge is 0.439 e. The summed E-state index contributed by atoms with van der Waals surface area (Å²) in [6, 6.07) is 13.6. The molecule has 4 rings (SSSR count). The van der Waals surface area contributed by atoms with Gasteiger partial charge < -0.3 is 4.74 Å². The van der Waals surface area contributed by atoms with E-state index in [0.717, 1.165) is 22.5 Å². The maximum Gasteiger partial charge on any atom is 0.262 e. The fourth-order valence-corrected chi connectivity index (χ4v) is 4.75. The third kappa shape index (κ3) is 4.73. The summed E-state index contributed by atoms with van der Waals surface area (Å²) in [6.07, 6.45) is 1.42. The van der Waals surface area contributed by atoms with Crippen LogP contribution < -0.4 is 9.46 Å². The molecule has 0 atom stereocenters. The number of ether oxygens (including phenoxy) is 1. The van der Waals surface area contributed by atoms with Crippen LogP contribution in [0.4, 0.5) is 5.69 Å². The lowest BCUT2D eigenvalue weighted by Crippen LogP contribution is -2.14. The van der Waals surface area contributed by atoms with Gasteiger partial charge in [-0.05, 0) is 76.1 Å². The van der Waals surface area contributed by atoms with Gasteiger partial charge in [-0.15, -0.1) is 0 Å². The van der Waals surface area contributed by atoms with Crippen molar-refractivity contribution in [1.82, 2.24) is 19.7 Å². The summed E-state index contributed by atoms with van der Waals surface area (Å²) >= 11 is 0. The van der Waals surface area contributed by atoms with Crippen molar-refractivity contribution in [2.24, 2.45) is 0 Å². The fourth-order valence-electron chi connectivity index (χ4n) is 3.47. The van der Waals surface area contributed by atoms with Crippen LogP contribution in [0.3, 0.4) is 0 Å². The molecule has 8 nitrogen and oxygen atoms in total. The molecule has 0 aliphatic rings. The predicted molar refractivity (Wildman–Crippen MR) is 127 cm³/mol. The Bertz CT molecular complexity index is 1430. The van der Waals surface area contributed by atoms with Crippen molar-refractivity contribution in [2.75, 3.05) is 4.72 Å². The highest BCUT2D eigenvalue weighted by Crippen LogP contribution is 2.25. The minimum Gasteiger partial charge on any atom is -0.439 e. The average Bonchev–Trinajstić information content (AvgIpc) is 3.02. The highest BCUT2D eigenvalue weighted by Gasteiger charge is 2.17. The van der Waals surface area contributed by atoms with Gasteiger partial charge in [0.05, 0.1) is 10.6 Å². The van der Waals surface area contributed by atoms with Crippen LogP contribution in [0.15, 0.2) is 59.8 Å². The molecule has 1 N–H and O–H groups in total. The highest BCUT2D eigenvalue weighted by molar-refractivity contribution is 7.92. The Morgan fingerprint density at radius 1 is 0.909 bits per heavy atom. The summed E-state index contributed by atoms with van der Waals surface area (Å²) < 4.78 is 35.7. The molecule has 0 amide bonds. The molecular formula is C24H25N5O3S. The first kappa shape index (κ1) is 22.5. The lowest BCUT2D eigenvalue weighted by molar-refractivity contribution is 0.460. The molecule has 0 saturated carbocycles. The maximum absolute atomic E-state index is 12.8. The van der Waals surface area contributed by atoms with Gasteiger partial charge in [0.1, 0.15) is 12.1 Å². The molecule has 0 radical (unpaired) electrons. The van der Waals surface area contributed by atoms with Crippen LogP contribution >= 0.6 is 0 Å². The van der Waals surface area contributed by atoms with E-state index in [0.29, 0.717) is 28.7 Å². The van der Waals surface area contributed by atoms with Crippen LogP contribution in [0, 0.1) is 34.6 Å². The zero-order valence-corrected chi connectivity index (χ0v) is 19.9. The lowest BCUT2D eigenvalue weighted by Gasteiger charge is -2.12. The van der Waals surface area contributed by atoms with E-state index in [4.69, 9.17) is 4.74 Å². The quantitative estimate of drug-likeness (QED) is 0.441. The predicted octanol–water partition coefficient (Wildman–Crippen LogP) is 4.80. The third-order valence-electron chi connectivity index (χ3n) is 5.45. The van der Waals surface area contributed by atoms with Gasteiger partial charge in [-0.2, -0.15) is 5.10 Å². The second-order valence-corrected chi connectivity index (χ2v) is 9.57. The van der Waals surface area contributed by atoms with E-state index in [1.54, 1.807) is 54.1 Å². The Morgan fingerprint density at radius 3 is 2.27 bits per heavy atom. The normalized spacial score (nSPS) is 11.4. The van der Waals surface area contributed by atoms with Gasteiger partial charge in [-0.25, -0.2) is 23.1 Å². The molecule has 0 fully saturated rings. The first-order valence-corrected chi connectivity index (χ1v) is 11.9. The Morgan fingerprint density at radius 2 is 1.64 bits per heavy atom. The molecule has 4 aromatic rings. The molecule has 0 saturated heterocycles. The second-order valence-electron chi connectivity index (χ2n) is 7.92. The Labute approximate surface area is 193 Å². The number of rotatable bonds is 6. The number of aryl methyl sites for hydroxylation is 3. The SMILES string of the molecule is Cc1ccc(S(=O)(=O)Nc2ccc(Oc3cc(-n4nc(C)c(C)c4C)ncn3)cc2)c(C)c1. The topological polar surface area (TPSA) is 99.0 Å². The van der Waals surface area contributed by atoms with Crippen LogP contribution in [0.1, 0.15) is 28.1 Å². The summed E-state index contributed by atoms with van der Waals surface area (Å²) in [7, 11) is -3.70. The molecule has 170 valence electrons. The average molecular weight is 464 g/mol. The number of nitrogens with zero attached hydrogens (tertiary/aromatic N) is 4. The molecular weight excluding hydrogens is 438 g/mol. The van der Waals surface area contributed by atoms with E-state index in [9.17, 15) is 8.42 Å². The van der Waals surface area contributed by atoms with Crippen molar-refractivity contribution in [2.45, 2.75) is 39.5 Å². The van der Waals surface area contributed by atoms with Gasteiger partial charge in [0.2, 0.25) is 5.88 Å². The molecule has 33 heavy (non-hydrogen) atoms. The molecule has 2 heterocycles. The molecule has 0 aliphatic carbocycles. The summed E-state index contributed by atoms with van der Waals surface area (Å²) in [5.74, 6) is 1.47. The number of nitrogens with one attached hydrogen (secondary N) is 1. The van der Waals surface area contributed by atoms with Gasteiger partial charge >= 0.3 is 0 Å². The van der Waals surface area contributed by atoms with E-state index < -0.39 is 10.0 Å². The summed E-state index contributed by atoms with van der Waals surface area (Å²) in [6.45, 7) is 9.65. The minimum atomic E-state index is -3.70. The first-order chi connectivity index (χ1) is 15.6. The van der Waals surface area contributed by atoms with Crippen molar-refractivity contribution >= 4 is 15.7 Å². The first-order valence-electron chi connectivity index (χ1n) is 10.4. The van der Waals surface area contributed by atoms with E-state index in [1.165, 1.54) is 6.33 Å². The van der Waals surface area contributed by atoms with Crippen LogP contribution in [-0.4, -0.2) is 28.2 Å². The summed E-state index contributed by atoms with van der Waals surface area (Å²) in [5, 5.41) is 4.52. The van der Waals surface area contributed by atoms with E-state index in [1.807, 2.05) is 33.8 Å². The molecule has 0 unspecified atom stereocenters. The molecule has 9 heteroatoms. The standard InChI is InChI=1S/C24H25N5O3S/c1-15-6-11-22(16(2)12-15)33(30,31)28-20-7-9-21(10-8-20)32-24-13-23(25-14-26-24)29-19(5)17(3)18(4)27-29/h6-14,28H,1-5H3. The van der Waals surface area contributed by atoms with Crippen molar-refractivity contribution in [3.8, 4) is 17.4 Å². The number of sulfonamides is 1. The van der Waals surface area contributed by atoms with Crippen LogP contribution in [0.5, 0.6) is 11.6 Å². The van der Waals surface area contributed by atoms with Crippen LogP contribution in [0.2, 0.25) is 0 Å². The lowest BCUT2D eigenvalue weighted by atomic mass is 10.2. The Kier molecular flexibility index (Phi) is 5.90. The third-order valence-corrected chi connectivity index (χ3v) is 6.99. The summed E-state index contributed by atoms with van der Waals surface area (Å²) in [5.41, 5.74) is 5.18. The zero-order chi connectivity index (χ0) is 23.8. The van der Waals surface area contributed by atoms with Crippen molar-refractivity contribution in [3.63, 3.8) is 0 Å². The smallest absolute Gasteiger partial charge is 0.262 e. The molecule has 0 bridgehead atoms. The van der Waals surface area contributed by atoms with Crippen molar-refractivity contribution in [1.29, 1.82) is 0 Å². The fraction of sp³-hybridized carbons (Fsp3) is 0.208. The van der Waals surface area contributed by atoms with Gasteiger partial charge in [0.15, 0.2) is 5.82 Å². The highest BCUT2D eigenvalue weighted by atomic mass is 32.2. The number of benzene rings is 2. The zero-order valence-electron chi connectivity index (χ0n) is 19.1. The minimum absolute atomic E-state index is 0.251. The van der Waals surface area contributed by atoms with Crippen LogP contribution in [0.25, 0.3) is 5.82 Å². The molecule has 0 aliphatic heterocycles.